The fourth-order valence-corrected chi connectivity index (χ4v) is 2.96. The van der Waals surface area contributed by atoms with Gasteiger partial charge in [0.2, 0.25) is 0 Å². The van der Waals surface area contributed by atoms with Crippen molar-refractivity contribution in [2.45, 2.75) is 57.5 Å². The Morgan fingerprint density at radius 1 is 1.00 bits per heavy atom. The second-order valence-corrected chi connectivity index (χ2v) is 6.06. The Morgan fingerprint density at radius 3 is 2.11 bits per heavy atom. The zero-order valence-electron chi connectivity index (χ0n) is 12.7. The van der Waals surface area contributed by atoms with Crippen molar-refractivity contribution < 1.29 is 0 Å². The van der Waals surface area contributed by atoms with Gasteiger partial charge in [-0.1, -0.05) is 37.8 Å². The molecule has 1 N–H and O–H groups in total. The number of nitrogens with zero attached hydrogens (tertiary/aromatic N) is 1. The number of anilines is 1. The minimum atomic E-state index is 0.458. The van der Waals surface area contributed by atoms with Gasteiger partial charge < -0.3 is 10.2 Å². The highest BCUT2D eigenvalue weighted by Crippen LogP contribution is 2.22. The Kier molecular flexibility index (Phi) is 5.26. The van der Waals surface area contributed by atoms with E-state index in [0.717, 1.165) is 0 Å². The molecule has 1 saturated carbocycles. The first-order chi connectivity index (χ1) is 9.16. The van der Waals surface area contributed by atoms with E-state index < -0.39 is 0 Å². The average molecular weight is 260 g/mol. The maximum Gasteiger partial charge on any atom is 0.0361 e. The molecule has 0 radical (unpaired) electrons. The van der Waals surface area contributed by atoms with Gasteiger partial charge in [-0.05, 0) is 37.5 Å². The third kappa shape index (κ3) is 4.24. The van der Waals surface area contributed by atoms with E-state index in [4.69, 9.17) is 0 Å². The van der Waals surface area contributed by atoms with Gasteiger partial charge in [-0.3, -0.25) is 0 Å². The first-order valence-corrected chi connectivity index (χ1v) is 7.70. The SMILES string of the molecule is CC(NC1CCCCCC1)c1ccc(N(C)C)cc1. The summed E-state index contributed by atoms with van der Waals surface area (Å²) >= 11 is 0. The fraction of sp³-hybridized carbons (Fsp3) is 0.647. The molecule has 1 aromatic rings. The van der Waals surface area contributed by atoms with Crippen LogP contribution in [0.5, 0.6) is 0 Å². The van der Waals surface area contributed by atoms with Crippen LogP contribution in [-0.4, -0.2) is 20.1 Å². The van der Waals surface area contributed by atoms with Gasteiger partial charge in [-0.25, -0.2) is 0 Å². The molecule has 1 aromatic carbocycles. The molecule has 0 amide bonds. The number of hydrogen-bond donors (Lipinski definition) is 1. The summed E-state index contributed by atoms with van der Waals surface area (Å²) in [6.07, 6.45) is 8.32. The third-order valence-corrected chi connectivity index (χ3v) is 4.25. The molecule has 0 aromatic heterocycles. The van der Waals surface area contributed by atoms with Crippen LogP contribution in [-0.2, 0) is 0 Å². The van der Waals surface area contributed by atoms with Crippen LogP contribution in [0.4, 0.5) is 5.69 Å². The van der Waals surface area contributed by atoms with E-state index in [0.29, 0.717) is 12.1 Å². The normalized spacial score (nSPS) is 18.9. The van der Waals surface area contributed by atoms with Gasteiger partial charge in [0.25, 0.3) is 0 Å². The average Bonchev–Trinajstić information content (AvgIpc) is 2.67. The van der Waals surface area contributed by atoms with Crippen LogP contribution in [0.3, 0.4) is 0 Å². The smallest absolute Gasteiger partial charge is 0.0361 e. The maximum atomic E-state index is 3.81. The predicted octanol–water partition coefficient (Wildman–Crippen LogP) is 4.13. The molecule has 1 fully saturated rings. The molecule has 1 aliphatic carbocycles. The van der Waals surface area contributed by atoms with Crippen molar-refractivity contribution >= 4 is 5.69 Å². The zero-order chi connectivity index (χ0) is 13.7. The summed E-state index contributed by atoms with van der Waals surface area (Å²) in [7, 11) is 4.17. The largest absolute Gasteiger partial charge is 0.378 e. The lowest BCUT2D eigenvalue weighted by molar-refractivity contribution is 0.414. The molecule has 2 nitrogen and oxygen atoms in total. The quantitative estimate of drug-likeness (QED) is 0.819. The number of hydrogen-bond acceptors (Lipinski definition) is 2. The van der Waals surface area contributed by atoms with Crippen LogP contribution in [0, 0.1) is 0 Å². The number of benzene rings is 1. The van der Waals surface area contributed by atoms with E-state index in [1.54, 1.807) is 0 Å². The molecule has 1 atom stereocenters. The number of rotatable bonds is 4. The summed E-state index contributed by atoms with van der Waals surface area (Å²) in [5.74, 6) is 0. The van der Waals surface area contributed by atoms with Crippen molar-refractivity contribution in [3.8, 4) is 0 Å². The standard InChI is InChI=1S/C17H28N2/c1-14(18-16-8-6-4-5-7-9-16)15-10-12-17(13-11-15)19(2)3/h10-14,16,18H,4-9H2,1-3H3. The molecule has 2 heteroatoms. The van der Waals surface area contributed by atoms with Crippen molar-refractivity contribution in [1.82, 2.24) is 5.32 Å². The van der Waals surface area contributed by atoms with Crippen LogP contribution < -0.4 is 10.2 Å². The lowest BCUT2D eigenvalue weighted by Gasteiger charge is -2.23. The van der Waals surface area contributed by atoms with Gasteiger partial charge in [0.15, 0.2) is 0 Å². The topological polar surface area (TPSA) is 15.3 Å². The van der Waals surface area contributed by atoms with Crippen molar-refractivity contribution in [2.75, 3.05) is 19.0 Å². The zero-order valence-corrected chi connectivity index (χ0v) is 12.7. The minimum Gasteiger partial charge on any atom is -0.378 e. The second kappa shape index (κ2) is 6.95. The molecule has 106 valence electrons. The molecular weight excluding hydrogens is 232 g/mol. The molecule has 0 heterocycles. The second-order valence-electron chi connectivity index (χ2n) is 6.06. The molecule has 0 saturated heterocycles. The molecule has 1 aliphatic rings. The summed E-state index contributed by atoms with van der Waals surface area (Å²) in [5, 5.41) is 3.81. The lowest BCUT2D eigenvalue weighted by atomic mass is 10.0. The monoisotopic (exact) mass is 260 g/mol. The van der Waals surface area contributed by atoms with Crippen LogP contribution in [0.1, 0.15) is 57.1 Å². The van der Waals surface area contributed by atoms with Crippen LogP contribution in [0.25, 0.3) is 0 Å². The van der Waals surface area contributed by atoms with Crippen molar-refractivity contribution in [3.63, 3.8) is 0 Å². The highest BCUT2D eigenvalue weighted by molar-refractivity contribution is 5.46. The first-order valence-electron chi connectivity index (χ1n) is 7.70. The van der Waals surface area contributed by atoms with E-state index in [1.807, 2.05) is 0 Å². The lowest BCUT2D eigenvalue weighted by Crippen LogP contribution is -2.31. The Labute approximate surface area is 118 Å². The highest BCUT2D eigenvalue weighted by Gasteiger charge is 2.15. The molecule has 0 spiro atoms. The van der Waals surface area contributed by atoms with Crippen molar-refractivity contribution in [3.05, 3.63) is 29.8 Å². The highest BCUT2D eigenvalue weighted by atomic mass is 15.1. The fourth-order valence-electron chi connectivity index (χ4n) is 2.96. The molecule has 2 rings (SSSR count). The summed E-state index contributed by atoms with van der Waals surface area (Å²) in [6.45, 7) is 2.29. The Morgan fingerprint density at radius 2 is 1.58 bits per heavy atom. The predicted molar refractivity (Wildman–Crippen MR) is 83.8 cm³/mol. The molecular formula is C17H28N2. The maximum absolute atomic E-state index is 3.81. The molecule has 1 unspecified atom stereocenters. The van der Waals surface area contributed by atoms with Crippen LogP contribution >= 0.6 is 0 Å². The summed E-state index contributed by atoms with van der Waals surface area (Å²) in [4.78, 5) is 2.15. The van der Waals surface area contributed by atoms with E-state index in [-0.39, 0.29) is 0 Å². The minimum absolute atomic E-state index is 0.458. The molecule has 0 aliphatic heterocycles. The summed E-state index contributed by atoms with van der Waals surface area (Å²) < 4.78 is 0. The molecule has 0 bridgehead atoms. The van der Waals surface area contributed by atoms with Gasteiger partial charge >= 0.3 is 0 Å². The van der Waals surface area contributed by atoms with E-state index >= 15 is 0 Å². The van der Waals surface area contributed by atoms with Gasteiger partial charge in [-0.2, -0.15) is 0 Å². The van der Waals surface area contributed by atoms with Crippen LogP contribution in [0.15, 0.2) is 24.3 Å². The van der Waals surface area contributed by atoms with Crippen molar-refractivity contribution in [1.29, 1.82) is 0 Å². The van der Waals surface area contributed by atoms with E-state index in [2.05, 4.69) is 55.5 Å². The molecule has 19 heavy (non-hydrogen) atoms. The van der Waals surface area contributed by atoms with Crippen molar-refractivity contribution in [2.24, 2.45) is 0 Å². The Hall–Kier alpha value is -1.02. The Balaban J connectivity index is 1.92. The number of nitrogens with one attached hydrogen (secondary N) is 1. The Bertz CT molecular complexity index is 361. The van der Waals surface area contributed by atoms with Gasteiger partial charge in [0.05, 0.1) is 0 Å². The van der Waals surface area contributed by atoms with E-state index in [9.17, 15) is 0 Å². The summed E-state index contributed by atoms with van der Waals surface area (Å²) in [5.41, 5.74) is 2.67. The van der Waals surface area contributed by atoms with E-state index in [1.165, 1.54) is 49.8 Å². The van der Waals surface area contributed by atoms with Gasteiger partial charge in [0, 0.05) is 31.9 Å². The first kappa shape index (κ1) is 14.4. The van der Waals surface area contributed by atoms with Gasteiger partial charge in [-0.15, -0.1) is 0 Å². The summed E-state index contributed by atoms with van der Waals surface area (Å²) in [6, 6.07) is 10.1. The van der Waals surface area contributed by atoms with Crippen LogP contribution in [0.2, 0.25) is 0 Å². The third-order valence-electron chi connectivity index (χ3n) is 4.25. The van der Waals surface area contributed by atoms with Gasteiger partial charge in [0.1, 0.15) is 0 Å².